The van der Waals surface area contributed by atoms with Gasteiger partial charge in [0, 0.05) is 6.20 Å². The quantitative estimate of drug-likeness (QED) is 0.551. The minimum absolute atomic E-state index is 0.0227. The summed E-state index contributed by atoms with van der Waals surface area (Å²) in [7, 11) is 0. The fourth-order valence-electron chi connectivity index (χ4n) is 0.967. The molecule has 1 atom stereocenters. The van der Waals surface area contributed by atoms with Crippen molar-refractivity contribution in [2.45, 2.75) is 18.4 Å². The van der Waals surface area contributed by atoms with Crippen molar-refractivity contribution in [3.63, 3.8) is 0 Å². The van der Waals surface area contributed by atoms with Crippen molar-refractivity contribution < 1.29 is 13.2 Å². The number of nitrogens with one attached hydrogen (secondary N) is 1. The van der Waals surface area contributed by atoms with Crippen LogP contribution in [0.25, 0.3) is 0 Å². The van der Waals surface area contributed by atoms with Crippen LogP contribution >= 0.6 is 0 Å². The summed E-state index contributed by atoms with van der Waals surface area (Å²) >= 11 is 0. The van der Waals surface area contributed by atoms with Crippen LogP contribution in [0.1, 0.15) is 6.42 Å². The van der Waals surface area contributed by atoms with Crippen molar-refractivity contribution in [2.75, 3.05) is 0 Å². The molecule has 0 fully saturated rings. The summed E-state index contributed by atoms with van der Waals surface area (Å²) in [6.45, 7) is 0. The van der Waals surface area contributed by atoms with Gasteiger partial charge < -0.3 is 11.1 Å². The molecule has 5 N–H and O–H groups in total. The van der Waals surface area contributed by atoms with E-state index in [2.05, 4.69) is 10.3 Å². The minimum Gasteiger partial charge on any atom is -0.384 e. The molecule has 1 heterocycles. The molecule has 0 saturated carbocycles. The number of halogens is 3. The molecule has 0 amide bonds. The maximum atomic E-state index is 12.0. The van der Waals surface area contributed by atoms with E-state index in [1.165, 1.54) is 12.3 Å². The van der Waals surface area contributed by atoms with Crippen LogP contribution < -0.4 is 16.8 Å². The van der Waals surface area contributed by atoms with Gasteiger partial charge in [0.1, 0.15) is 12.3 Å². The van der Waals surface area contributed by atoms with E-state index in [1.54, 1.807) is 0 Å². The lowest BCUT2D eigenvalue weighted by molar-refractivity contribution is -0.148. The fourth-order valence-corrected chi connectivity index (χ4v) is 0.967. The molecule has 1 aliphatic rings. The Bertz CT molecular complexity index is 257. The van der Waals surface area contributed by atoms with E-state index in [-0.39, 0.29) is 5.84 Å². The normalized spacial score (nSPS) is 28.2. The highest BCUT2D eigenvalue weighted by atomic mass is 19.4. The van der Waals surface area contributed by atoms with Gasteiger partial charge in [-0.15, -0.1) is 0 Å². The number of amidine groups is 1. The molecule has 0 aromatic carbocycles. The van der Waals surface area contributed by atoms with Crippen LogP contribution in [0, 0.1) is 0 Å². The van der Waals surface area contributed by atoms with E-state index in [0.29, 0.717) is 0 Å². The van der Waals surface area contributed by atoms with Crippen LogP contribution in [0.15, 0.2) is 17.3 Å². The van der Waals surface area contributed by atoms with Crippen molar-refractivity contribution in [2.24, 2.45) is 16.5 Å². The third kappa shape index (κ3) is 2.94. The van der Waals surface area contributed by atoms with Gasteiger partial charge >= 0.3 is 6.18 Å². The zero-order valence-electron chi connectivity index (χ0n) is 6.60. The zero-order chi connectivity index (χ0) is 10.1. The monoisotopic (exact) mass is 194 g/mol. The van der Waals surface area contributed by atoms with E-state index < -0.39 is 18.4 Å². The van der Waals surface area contributed by atoms with E-state index in [9.17, 15) is 13.2 Å². The van der Waals surface area contributed by atoms with Crippen molar-refractivity contribution in [1.29, 1.82) is 0 Å². The standard InChI is InChI=1S/C6H9F3N4/c7-5(8,9)3-6(11)12-2-1-4(10)13-6/h1-2,12H,3,11H2,(H2,10,13). The number of aliphatic imine (C=N–C) groups is 1. The Labute approximate surface area is 72.5 Å². The Morgan fingerprint density at radius 3 is 2.62 bits per heavy atom. The minimum atomic E-state index is -4.38. The summed E-state index contributed by atoms with van der Waals surface area (Å²) in [5.41, 5.74) is 10.5. The van der Waals surface area contributed by atoms with Gasteiger partial charge in [-0.25, -0.2) is 4.99 Å². The second kappa shape index (κ2) is 2.91. The van der Waals surface area contributed by atoms with Gasteiger partial charge in [0.2, 0.25) is 0 Å². The summed E-state index contributed by atoms with van der Waals surface area (Å²) in [6, 6.07) is 0. The highest BCUT2D eigenvalue weighted by Gasteiger charge is 2.40. The number of rotatable bonds is 1. The van der Waals surface area contributed by atoms with Gasteiger partial charge in [-0.1, -0.05) is 0 Å². The molecule has 0 radical (unpaired) electrons. The van der Waals surface area contributed by atoms with Crippen molar-refractivity contribution in [1.82, 2.24) is 5.32 Å². The zero-order valence-corrected chi connectivity index (χ0v) is 6.60. The summed E-state index contributed by atoms with van der Waals surface area (Å²) in [5, 5.41) is 2.29. The van der Waals surface area contributed by atoms with Crippen LogP contribution in [0.2, 0.25) is 0 Å². The molecule has 0 aromatic heterocycles. The maximum absolute atomic E-state index is 12.0. The SMILES string of the molecule is NC1=NC(N)(CC(F)(F)F)NC=C1. The van der Waals surface area contributed by atoms with Crippen LogP contribution in [0.3, 0.4) is 0 Å². The van der Waals surface area contributed by atoms with Gasteiger partial charge in [0.25, 0.3) is 0 Å². The van der Waals surface area contributed by atoms with Gasteiger partial charge in [-0.3, -0.25) is 5.73 Å². The molecule has 0 saturated heterocycles. The topological polar surface area (TPSA) is 76.4 Å². The first-order chi connectivity index (χ1) is 5.81. The average molecular weight is 194 g/mol. The molecular formula is C6H9F3N4. The molecule has 1 aliphatic heterocycles. The Hall–Kier alpha value is -1.24. The highest BCUT2D eigenvalue weighted by Crippen LogP contribution is 2.26. The molecule has 0 spiro atoms. The first kappa shape index (κ1) is 9.85. The van der Waals surface area contributed by atoms with Gasteiger partial charge in [0.05, 0.1) is 0 Å². The molecule has 7 heteroatoms. The molecule has 0 aromatic rings. The smallest absolute Gasteiger partial charge is 0.384 e. The fraction of sp³-hybridized carbons (Fsp3) is 0.500. The van der Waals surface area contributed by atoms with Gasteiger partial charge in [-0.05, 0) is 6.08 Å². The van der Waals surface area contributed by atoms with E-state index >= 15 is 0 Å². The lowest BCUT2D eigenvalue weighted by atomic mass is 10.2. The van der Waals surface area contributed by atoms with Crippen LogP contribution in [-0.4, -0.2) is 17.8 Å². The molecular weight excluding hydrogens is 185 g/mol. The van der Waals surface area contributed by atoms with Crippen molar-refractivity contribution >= 4 is 5.84 Å². The van der Waals surface area contributed by atoms with E-state index in [4.69, 9.17) is 11.5 Å². The second-order valence-corrected chi connectivity index (χ2v) is 2.73. The Morgan fingerprint density at radius 2 is 2.15 bits per heavy atom. The first-order valence-electron chi connectivity index (χ1n) is 3.46. The van der Waals surface area contributed by atoms with Crippen LogP contribution in [-0.2, 0) is 0 Å². The molecule has 1 rings (SSSR count). The second-order valence-electron chi connectivity index (χ2n) is 2.73. The average Bonchev–Trinajstić information content (AvgIpc) is 1.79. The number of nitrogens with two attached hydrogens (primary N) is 2. The third-order valence-electron chi connectivity index (χ3n) is 1.39. The van der Waals surface area contributed by atoms with Gasteiger partial charge in [-0.2, -0.15) is 13.2 Å². The van der Waals surface area contributed by atoms with E-state index in [1.807, 2.05) is 0 Å². The Kier molecular flexibility index (Phi) is 2.21. The number of hydrogen-bond acceptors (Lipinski definition) is 4. The van der Waals surface area contributed by atoms with Crippen molar-refractivity contribution in [3.8, 4) is 0 Å². The predicted molar refractivity (Wildman–Crippen MR) is 41.5 cm³/mol. The molecule has 74 valence electrons. The number of hydrogen-bond donors (Lipinski definition) is 3. The molecule has 0 aliphatic carbocycles. The molecule has 0 bridgehead atoms. The lowest BCUT2D eigenvalue weighted by Gasteiger charge is -2.28. The highest BCUT2D eigenvalue weighted by molar-refractivity contribution is 5.92. The van der Waals surface area contributed by atoms with Crippen LogP contribution in [0.5, 0.6) is 0 Å². The lowest BCUT2D eigenvalue weighted by Crippen LogP contribution is -2.54. The van der Waals surface area contributed by atoms with Crippen molar-refractivity contribution in [3.05, 3.63) is 12.3 Å². The number of nitrogens with zero attached hydrogens (tertiary/aromatic N) is 1. The molecule has 13 heavy (non-hydrogen) atoms. The third-order valence-corrected chi connectivity index (χ3v) is 1.39. The summed E-state index contributed by atoms with van der Waals surface area (Å²) in [6.07, 6.45) is -3.06. The predicted octanol–water partition coefficient (Wildman–Crippen LogP) is 0.0254. The summed E-state index contributed by atoms with van der Waals surface area (Å²) in [5.74, 6) is -1.89. The number of alkyl halides is 3. The Balaban J connectivity index is 2.73. The Morgan fingerprint density at radius 1 is 1.54 bits per heavy atom. The molecule has 4 nitrogen and oxygen atoms in total. The first-order valence-corrected chi connectivity index (χ1v) is 3.46. The van der Waals surface area contributed by atoms with E-state index in [0.717, 1.165) is 0 Å². The summed E-state index contributed by atoms with van der Waals surface area (Å²) < 4.78 is 35.9. The molecule has 1 unspecified atom stereocenters. The van der Waals surface area contributed by atoms with Crippen LogP contribution in [0.4, 0.5) is 13.2 Å². The summed E-state index contributed by atoms with van der Waals surface area (Å²) in [4.78, 5) is 3.45. The van der Waals surface area contributed by atoms with Gasteiger partial charge in [0.15, 0.2) is 5.79 Å². The maximum Gasteiger partial charge on any atom is 0.394 e. The largest absolute Gasteiger partial charge is 0.394 e.